The van der Waals surface area contributed by atoms with E-state index in [9.17, 15) is 14.7 Å². The van der Waals surface area contributed by atoms with Crippen LogP contribution in [0.25, 0.3) is 0 Å². The average molecular weight is 552 g/mol. The van der Waals surface area contributed by atoms with Crippen molar-refractivity contribution in [3.05, 3.63) is 106 Å². The molecule has 7 heteroatoms. The fourth-order valence-electron chi connectivity index (χ4n) is 5.39. The van der Waals surface area contributed by atoms with Gasteiger partial charge < -0.3 is 15.4 Å². The lowest BCUT2D eigenvalue weighted by Gasteiger charge is -2.41. The molecule has 1 heterocycles. The second kappa shape index (κ2) is 11.8. The molecule has 1 saturated heterocycles. The van der Waals surface area contributed by atoms with E-state index in [0.717, 1.165) is 11.1 Å². The number of rotatable bonds is 10. The number of Topliss-reactive ketones (excluding diaryl/α,β-unsaturated/α-hetero) is 1. The van der Waals surface area contributed by atoms with E-state index < -0.39 is 16.8 Å². The summed E-state index contributed by atoms with van der Waals surface area (Å²) in [5.41, 5.74) is 0.874. The first-order valence-corrected chi connectivity index (χ1v) is 13.5. The number of nitrogens with zero attached hydrogens (tertiary/aromatic N) is 1. The summed E-state index contributed by atoms with van der Waals surface area (Å²) >= 11 is 12.5. The molecule has 0 aliphatic carbocycles. The molecule has 1 aliphatic rings. The van der Waals surface area contributed by atoms with Crippen molar-refractivity contribution in [2.24, 2.45) is 0 Å². The number of piperidine rings is 1. The Hall–Kier alpha value is -2.99. The fourth-order valence-corrected chi connectivity index (χ4v) is 5.69. The van der Waals surface area contributed by atoms with Crippen LogP contribution in [0.3, 0.4) is 0 Å². The Kier molecular flexibility index (Phi) is 8.71. The highest BCUT2D eigenvalue weighted by Gasteiger charge is 2.43. The van der Waals surface area contributed by atoms with Crippen LogP contribution in [0.4, 0.5) is 0 Å². The monoisotopic (exact) mass is 550 g/mol. The molecule has 1 aliphatic heterocycles. The molecule has 1 atom stereocenters. The number of benzene rings is 3. The van der Waals surface area contributed by atoms with Gasteiger partial charge in [0.25, 0.3) is 0 Å². The lowest BCUT2D eigenvalue weighted by Crippen LogP contribution is -2.48. The van der Waals surface area contributed by atoms with Crippen molar-refractivity contribution in [3.8, 4) is 0 Å². The van der Waals surface area contributed by atoms with Crippen molar-refractivity contribution in [2.75, 3.05) is 19.6 Å². The lowest BCUT2D eigenvalue weighted by atomic mass is 9.72. The Morgan fingerprint density at radius 1 is 0.947 bits per heavy atom. The van der Waals surface area contributed by atoms with Gasteiger partial charge in [0, 0.05) is 12.0 Å². The molecule has 38 heavy (non-hydrogen) atoms. The zero-order valence-corrected chi connectivity index (χ0v) is 22.9. The van der Waals surface area contributed by atoms with Crippen LogP contribution < -0.4 is 0 Å². The maximum atomic E-state index is 13.0. The van der Waals surface area contributed by atoms with Crippen molar-refractivity contribution in [3.63, 3.8) is 0 Å². The van der Waals surface area contributed by atoms with E-state index in [0.29, 0.717) is 54.5 Å². The van der Waals surface area contributed by atoms with Gasteiger partial charge in [-0.3, -0.25) is 9.59 Å². The van der Waals surface area contributed by atoms with E-state index in [1.165, 1.54) is 0 Å². The number of carboxylic acid groups (broad SMARTS) is 1. The molecule has 3 aromatic rings. The third-order valence-electron chi connectivity index (χ3n) is 7.92. The fraction of sp³-hybridized carbons (Fsp3) is 0.323. The molecule has 2 N–H and O–H groups in total. The third-order valence-corrected chi connectivity index (χ3v) is 8.66. The van der Waals surface area contributed by atoms with Crippen LogP contribution in [0.5, 0.6) is 0 Å². The Morgan fingerprint density at radius 3 is 2.13 bits per heavy atom. The van der Waals surface area contributed by atoms with Crippen LogP contribution >= 0.6 is 23.2 Å². The first-order chi connectivity index (χ1) is 18.1. The zero-order valence-electron chi connectivity index (χ0n) is 21.4. The quantitative estimate of drug-likeness (QED) is 0.209. The molecular formula is C31H32Cl2N2O3. The van der Waals surface area contributed by atoms with Gasteiger partial charge in [-0.15, -0.1) is 0 Å². The molecule has 1 unspecified atom stereocenters. The molecule has 0 aromatic heterocycles. The Morgan fingerprint density at radius 2 is 1.55 bits per heavy atom. The molecular weight excluding hydrogens is 519 g/mol. The number of nitrogens with one attached hydrogen (secondary N) is 1. The van der Waals surface area contributed by atoms with Crippen molar-refractivity contribution >= 4 is 40.7 Å². The van der Waals surface area contributed by atoms with E-state index in [2.05, 4.69) is 11.8 Å². The first-order valence-electron chi connectivity index (χ1n) is 12.8. The van der Waals surface area contributed by atoms with Crippen LogP contribution in [0.2, 0.25) is 10.0 Å². The normalized spacial score (nSPS) is 16.9. The second-order valence-electron chi connectivity index (χ2n) is 10.4. The number of ketones is 1. The molecule has 1 fully saturated rings. The second-order valence-corrected chi connectivity index (χ2v) is 11.2. The molecule has 4 rings (SSSR count). The maximum absolute atomic E-state index is 13.0. The van der Waals surface area contributed by atoms with Gasteiger partial charge in [-0.05, 0) is 67.6 Å². The van der Waals surface area contributed by atoms with Gasteiger partial charge in [0.1, 0.15) is 0 Å². The van der Waals surface area contributed by atoms with E-state index in [4.69, 9.17) is 28.6 Å². The molecule has 0 amide bonds. The molecule has 0 spiro atoms. The minimum Gasteiger partial charge on any atom is -0.481 e. The van der Waals surface area contributed by atoms with E-state index in [1.807, 2.05) is 48.5 Å². The van der Waals surface area contributed by atoms with Crippen LogP contribution in [-0.4, -0.2) is 47.1 Å². The smallest absolute Gasteiger partial charge is 0.314 e. The number of hydrogen-bond acceptors (Lipinski definition) is 4. The van der Waals surface area contributed by atoms with Crippen LogP contribution in [-0.2, 0) is 15.6 Å². The highest BCUT2D eigenvalue weighted by molar-refractivity contribution is 6.45. The number of aliphatic carboxylic acids is 1. The standard InChI is InChI=1S/C31H32Cl2N2O3/c1-30(24-12-13-25(32)26(33)20-24,21-27(34)28(36)22-8-4-2-5-9-22)14-17-35-18-15-31(16-19-35,29(37)38)23-10-6-3-7-11-23/h2-13,20,34H,14-19,21H2,1H3,(H,37,38). The van der Waals surface area contributed by atoms with E-state index in [-0.39, 0.29) is 17.9 Å². The Bertz CT molecular complexity index is 1310. The number of carbonyl (C=O) groups excluding carboxylic acids is 1. The van der Waals surface area contributed by atoms with Crippen LogP contribution in [0.15, 0.2) is 78.9 Å². The predicted octanol–water partition coefficient (Wildman–Crippen LogP) is 7.05. The summed E-state index contributed by atoms with van der Waals surface area (Å²) in [4.78, 5) is 27.6. The molecule has 5 nitrogen and oxygen atoms in total. The number of hydrogen-bond donors (Lipinski definition) is 2. The van der Waals surface area contributed by atoms with Gasteiger partial charge >= 0.3 is 5.97 Å². The highest BCUT2D eigenvalue weighted by atomic mass is 35.5. The van der Waals surface area contributed by atoms with Crippen LogP contribution in [0, 0.1) is 5.41 Å². The van der Waals surface area contributed by atoms with Gasteiger partial charge in [0.15, 0.2) is 0 Å². The van der Waals surface area contributed by atoms with E-state index in [1.54, 1.807) is 30.3 Å². The van der Waals surface area contributed by atoms with Crippen LogP contribution in [0.1, 0.15) is 54.1 Å². The molecule has 198 valence electrons. The summed E-state index contributed by atoms with van der Waals surface area (Å²) in [6, 6.07) is 23.9. The van der Waals surface area contributed by atoms with Gasteiger partial charge in [0.05, 0.1) is 21.2 Å². The predicted molar refractivity (Wildman–Crippen MR) is 153 cm³/mol. The Labute approximate surface area is 233 Å². The number of carboxylic acids is 1. The van der Waals surface area contributed by atoms with Gasteiger partial charge in [-0.25, -0.2) is 0 Å². The Balaban J connectivity index is 1.51. The minimum atomic E-state index is -0.880. The molecule has 0 bridgehead atoms. The van der Waals surface area contributed by atoms with Gasteiger partial charge in [-0.2, -0.15) is 0 Å². The van der Waals surface area contributed by atoms with Gasteiger partial charge in [0.2, 0.25) is 5.78 Å². The van der Waals surface area contributed by atoms with E-state index >= 15 is 0 Å². The largest absolute Gasteiger partial charge is 0.481 e. The topological polar surface area (TPSA) is 81.5 Å². The zero-order chi connectivity index (χ0) is 27.3. The maximum Gasteiger partial charge on any atom is 0.314 e. The number of halogens is 2. The van der Waals surface area contributed by atoms with Crippen molar-refractivity contribution in [1.29, 1.82) is 5.41 Å². The van der Waals surface area contributed by atoms with Crippen molar-refractivity contribution < 1.29 is 14.7 Å². The lowest BCUT2D eigenvalue weighted by molar-refractivity contribution is -0.146. The summed E-state index contributed by atoms with van der Waals surface area (Å²) < 4.78 is 0. The SMILES string of the molecule is CC(CCN1CCC(C(=O)O)(c2ccccc2)CC1)(CC(=N)C(=O)c1ccccc1)c1ccc(Cl)c(Cl)c1. The summed E-state index contributed by atoms with van der Waals surface area (Å²) in [6.07, 6.45) is 1.97. The van der Waals surface area contributed by atoms with Crippen molar-refractivity contribution in [1.82, 2.24) is 4.90 Å². The molecule has 0 saturated carbocycles. The summed E-state index contributed by atoms with van der Waals surface area (Å²) in [5.74, 6) is -1.07. The number of carbonyl (C=O) groups is 2. The average Bonchev–Trinajstić information content (AvgIpc) is 2.94. The summed E-state index contributed by atoms with van der Waals surface area (Å²) in [6.45, 7) is 4.06. The first kappa shape index (κ1) is 28.0. The molecule has 0 radical (unpaired) electrons. The third kappa shape index (κ3) is 6.01. The summed E-state index contributed by atoms with van der Waals surface area (Å²) in [7, 11) is 0. The summed E-state index contributed by atoms with van der Waals surface area (Å²) in [5, 5.41) is 19.7. The van der Waals surface area contributed by atoms with Crippen molar-refractivity contribution in [2.45, 2.75) is 43.4 Å². The minimum absolute atomic E-state index is 0.0392. The number of likely N-dealkylation sites (tertiary alicyclic amines) is 1. The van der Waals surface area contributed by atoms with Gasteiger partial charge in [-0.1, -0.05) is 96.9 Å². The molecule has 3 aromatic carbocycles. The highest BCUT2D eigenvalue weighted by Crippen LogP contribution is 2.39.